The third-order valence-electron chi connectivity index (χ3n) is 7.53. The fourth-order valence-electron chi connectivity index (χ4n) is 5.12. The molecule has 0 bridgehead atoms. The largest absolute Gasteiger partial charge is 0.497 e. The number of nitrogens with one attached hydrogen (secondary N) is 1. The number of methoxy groups -OCH3 is 1. The van der Waals surface area contributed by atoms with Gasteiger partial charge in [-0.3, -0.25) is 9.69 Å². The zero-order valence-corrected chi connectivity index (χ0v) is 23.6. The summed E-state index contributed by atoms with van der Waals surface area (Å²) in [5.74, 6) is 0.224. The smallest absolute Gasteiger partial charge is 0.250 e. The van der Waals surface area contributed by atoms with E-state index in [4.69, 9.17) is 18.9 Å². The number of carbonyl (C=O) groups excluding carboxylic acids is 1. The molecular formula is C33H37FN2O5. The Balaban J connectivity index is 1.44. The number of hydrogen-bond acceptors (Lipinski definition) is 6. The van der Waals surface area contributed by atoms with Crippen LogP contribution in [0.25, 0.3) is 0 Å². The maximum Gasteiger partial charge on any atom is 0.250 e. The van der Waals surface area contributed by atoms with Crippen LogP contribution in [0.4, 0.5) is 4.39 Å². The third-order valence-corrected chi connectivity index (χ3v) is 7.53. The Labute approximate surface area is 240 Å². The lowest BCUT2D eigenvalue weighted by molar-refractivity contribution is -0.118. The van der Waals surface area contributed by atoms with E-state index in [0.717, 1.165) is 46.7 Å². The van der Waals surface area contributed by atoms with Gasteiger partial charge in [0.15, 0.2) is 0 Å². The fraction of sp³-hybridized carbons (Fsp3) is 0.364. The number of carbonyl (C=O) groups is 1. The van der Waals surface area contributed by atoms with Crippen molar-refractivity contribution in [2.75, 3.05) is 46.6 Å². The van der Waals surface area contributed by atoms with Crippen LogP contribution in [0.3, 0.4) is 0 Å². The predicted molar refractivity (Wildman–Crippen MR) is 154 cm³/mol. The van der Waals surface area contributed by atoms with Crippen LogP contribution < -0.4 is 10.1 Å². The lowest BCUT2D eigenvalue weighted by atomic mass is 9.95. The SMILES string of the molecule is COc1ccc(COC(CN2CCOCC2)C2=C(C(=O)NCc3ccc(C)cc3)C(c3ccc(F)cc3)OC2)cc1. The minimum absolute atomic E-state index is 0.215. The first kappa shape index (κ1) is 29.0. The number of amides is 1. The maximum absolute atomic E-state index is 13.9. The molecule has 2 unspecified atom stereocenters. The van der Waals surface area contributed by atoms with Crippen molar-refractivity contribution in [1.29, 1.82) is 0 Å². The Morgan fingerprint density at radius 2 is 1.68 bits per heavy atom. The number of ether oxygens (including phenoxy) is 4. The topological polar surface area (TPSA) is 69.3 Å². The first-order valence-corrected chi connectivity index (χ1v) is 14.0. The molecule has 1 fully saturated rings. The number of morpholine rings is 1. The summed E-state index contributed by atoms with van der Waals surface area (Å²) >= 11 is 0. The molecule has 0 aliphatic carbocycles. The second kappa shape index (κ2) is 13.9. The Hall–Kier alpha value is -3.56. The lowest BCUT2D eigenvalue weighted by Gasteiger charge is -2.31. The van der Waals surface area contributed by atoms with Crippen molar-refractivity contribution in [1.82, 2.24) is 10.2 Å². The Bertz CT molecular complexity index is 1320. The average molecular weight is 561 g/mol. The summed E-state index contributed by atoms with van der Waals surface area (Å²) in [6.07, 6.45) is -1.01. The predicted octanol–water partition coefficient (Wildman–Crippen LogP) is 4.74. The molecule has 2 atom stereocenters. The molecule has 2 aliphatic heterocycles. The van der Waals surface area contributed by atoms with E-state index in [2.05, 4.69) is 10.2 Å². The van der Waals surface area contributed by atoms with Crippen molar-refractivity contribution < 1.29 is 28.1 Å². The Morgan fingerprint density at radius 3 is 2.37 bits per heavy atom. The van der Waals surface area contributed by atoms with Crippen molar-refractivity contribution in [3.05, 3.63) is 112 Å². The summed E-state index contributed by atoms with van der Waals surface area (Å²) in [4.78, 5) is 16.2. The van der Waals surface area contributed by atoms with E-state index in [-0.39, 0.29) is 24.4 Å². The molecule has 5 rings (SSSR count). The molecule has 8 heteroatoms. The Kier molecular flexibility index (Phi) is 9.80. The van der Waals surface area contributed by atoms with Crippen LogP contribution in [-0.4, -0.2) is 63.5 Å². The normalized spacial score (nSPS) is 18.4. The van der Waals surface area contributed by atoms with E-state index in [1.165, 1.54) is 12.1 Å². The molecule has 41 heavy (non-hydrogen) atoms. The highest BCUT2D eigenvalue weighted by molar-refractivity contribution is 5.96. The second-order valence-electron chi connectivity index (χ2n) is 10.4. The number of aryl methyl sites for hydroxylation is 1. The van der Waals surface area contributed by atoms with Crippen LogP contribution in [0.1, 0.15) is 28.4 Å². The van der Waals surface area contributed by atoms with Crippen molar-refractivity contribution in [3.63, 3.8) is 0 Å². The highest BCUT2D eigenvalue weighted by Gasteiger charge is 2.37. The Morgan fingerprint density at radius 1 is 1.00 bits per heavy atom. The van der Waals surface area contributed by atoms with E-state index in [0.29, 0.717) is 38.5 Å². The van der Waals surface area contributed by atoms with Gasteiger partial charge in [-0.1, -0.05) is 54.1 Å². The molecule has 1 N–H and O–H groups in total. The number of nitrogens with zero attached hydrogens (tertiary/aromatic N) is 1. The molecule has 7 nitrogen and oxygen atoms in total. The van der Waals surface area contributed by atoms with E-state index in [1.54, 1.807) is 19.2 Å². The van der Waals surface area contributed by atoms with E-state index >= 15 is 0 Å². The molecule has 1 saturated heterocycles. The molecule has 3 aromatic rings. The van der Waals surface area contributed by atoms with Gasteiger partial charge in [0.1, 0.15) is 17.7 Å². The third kappa shape index (κ3) is 7.59. The first-order chi connectivity index (χ1) is 20.0. The van der Waals surface area contributed by atoms with Crippen molar-refractivity contribution in [3.8, 4) is 5.75 Å². The summed E-state index contributed by atoms with van der Waals surface area (Å²) in [6, 6.07) is 21.9. The van der Waals surface area contributed by atoms with Crippen LogP contribution in [-0.2, 0) is 32.2 Å². The quantitative estimate of drug-likeness (QED) is 0.365. The minimum atomic E-state index is -0.625. The van der Waals surface area contributed by atoms with Gasteiger partial charge >= 0.3 is 0 Å². The summed E-state index contributed by atoms with van der Waals surface area (Å²) in [7, 11) is 1.64. The van der Waals surface area contributed by atoms with Crippen molar-refractivity contribution in [2.45, 2.75) is 32.3 Å². The molecule has 2 heterocycles. The van der Waals surface area contributed by atoms with E-state index < -0.39 is 6.10 Å². The highest BCUT2D eigenvalue weighted by atomic mass is 19.1. The van der Waals surface area contributed by atoms with Gasteiger partial charge in [0.25, 0.3) is 5.91 Å². The lowest BCUT2D eigenvalue weighted by Crippen LogP contribution is -2.43. The zero-order chi connectivity index (χ0) is 28.6. The van der Waals surface area contributed by atoms with Gasteiger partial charge in [0.2, 0.25) is 0 Å². The molecule has 2 aliphatic rings. The standard InChI is InChI=1S/C33H37FN2O5/c1-23-3-5-24(6-4-23)19-35-33(37)31-29(22-41-32(31)26-9-11-27(34)12-10-26)30(20-36-15-17-39-18-16-36)40-21-25-7-13-28(38-2)14-8-25/h3-14,30,32H,15-22H2,1-2H3,(H,35,37). The summed E-state index contributed by atoms with van der Waals surface area (Å²) < 4.78 is 37.4. The molecule has 3 aromatic carbocycles. The summed E-state index contributed by atoms with van der Waals surface area (Å²) in [5, 5.41) is 3.09. The van der Waals surface area contributed by atoms with Gasteiger partial charge in [0, 0.05) is 26.2 Å². The van der Waals surface area contributed by atoms with Gasteiger partial charge < -0.3 is 24.3 Å². The molecule has 1 amide bonds. The van der Waals surface area contributed by atoms with Crippen molar-refractivity contribution in [2.24, 2.45) is 0 Å². The van der Waals surface area contributed by atoms with Crippen LogP contribution in [0.15, 0.2) is 83.9 Å². The maximum atomic E-state index is 13.9. The number of benzene rings is 3. The molecule has 0 saturated carbocycles. The fourth-order valence-corrected chi connectivity index (χ4v) is 5.12. The molecule has 0 spiro atoms. The monoisotopic (exact) mass is 560 g/mol. The zero-order valence-electron chi connectivity index (χ0n) is 23.6. The molecular weight excluding hydrogens is 523 g/mol. The number of halogens is 1. The minimum Gasteiger partial charge on any atom is -0.497 e. The van der Waals surface area contributed by atoms with Gasteiger partial charge in [-0.25, -0.2) is 4.39 Å². The van der Waals surface area contributed by atoms with E-state index in [9.17, 15) is 9.18 Å². The average Bonchev–Trinajstić information content (AvgIpc) is 3.45. The van der Waals surface area contributed by atoms with Gasteiger partial charge in [-0.05, 0) is 53.5 Å². The number of rotatable bonds is 11. The van der Waals surface area contributed by atoms with Crippen LogP contribution >= 0.6 is 0 Å². The van der Waals surface area contributed by atoms with Crippen molar-refractivity contribution >= 4 is 5.91 Å². The highest BCUT2D eigenvalue weighted by Crippen LogP contribution is 2.37. The van der Waals surface area contributed by atoms with Gasteiger partial charge in [-0.2, -0.15) is 0 Å². The molecule has 216 valence electrons. The summed E-state index contributed by atoms with van der Waals surface area (Å²) in [6.45, 7) is 6.50. The van der Waals surface area contributed by atoms with Crippen LogP contribution in [0, 0.1) is 12.7 Å². The van der Waals surface area contributed by atoms with Crippen LogP contribution in [0.5, 0.6) is 5.75 Å². The summed E-state index contributed by atoms with van der Waals surface area (Å²) in [5.41, 5.74) is 5.21. The molecule has 0 radical (unpaired) electrons. The van der Waals surface area contributed by atoms with Gasteiger partial charge in [-0.15, -0.1) is 0 Å². The first-order valence-electron chi connectivity index (χ1n) is 14.0. The number of hydrogen-bond donors (Lipinski definition) is 1. The van der Waals surface area contributed by atoms with Gasteiger partial charge in [0.05, 0.1) is 45.2 Å². The van der Waals surface area contributed by atoms with Crippen LogP contribution in [0.2, 0.25) is 0 Å². The molecule has 0 aromatic heterocycles. The van der Waals surface area contributed by atoms with E-state index in [1.807, 2.05) is 55.5 Å². The second-order valence-corrected chi connectivity index (χ2v) is 10.4.